The largest absolute Gasteiger partial charge is 0.391 e. The minimum Gasteiger partial charge on any atom is -0.391 e. The Morgan fingerprint density at radius 2 is 2.10 bits per heavy atom. The number of fused-ring (bicyclic) bond motifs is 1. The van der Waals surface area contributed by atoms with Gasteiger partial charge in [-0.15, -0.1) is 14.8 Å². The molecule has 7 nitrogen and oxygen atoms in total. The first-order valence-corrected chi connectivity index (χ1v) is 6.93. The number of anilines is 1. The lowest BCUT2D eigenvalue weighted by atomic mass is 9.74. The van der Waals surface area contributed by atoms with E-state index in [9.17, 15) is 5.11 Å². The van der Waals surface area contributed by atoms with Crippen LogP contribution < -0.4 is 4.90 Å². The summed E-state index contributed by atoms with van der Waals surface area (Å²) in [6.07, 6.45) is 0.620. The predicted octanol–water partition coefficient (Wildman–Crippen LogP) is 0.753. The van der Waals surface area contributed by atoms with Gasteiger partial charge >= 0.3 is 0 Å². The molecule has 0 aliphatic carbocycles. The molecular weight excluding hydrogens is 256 g/mol. The lowest BCUT2D eigenvalue weighted by molar-refractivity contribution is 0.0291. The first kappa shape index (κ1) is 13.2. The third-order valence-corrected chi connectivity index (χ3v) is 4.07. The molecule has 2 aromatic heterocycles. The van der Waals surface area contributed by atoms with Gasteiger partial charge in [0.1, 0.15) is 0 Å². The number of aliphatic hydroxyl groups excluding tert-OH is 1. The highest BCUT2D eigenvalue weighted by Gasteiger charge is 2.36. The highest BCUT2D eigenvalue weighted by Crippen LogP contribution is 2.35. The van der Waals surface area contributed by atoms with Gasteiger partial charge < -0.3 is 10.0 Å². The second kappa shape index (κ2) is 4.66. The number of nitrogens with zero attached hydrogens (tertiary/aromatic N) is 6. The molecule has 0 unspecified atom stereocenters. The molecule has 1 N–H and O–H groups in total. The van der Waals surface area contributed by atoms with Crippen LogP contribution in [0.5, 0.6) is 0 Å². The van der Waals surface area contributed by atoms with Crippen molar-refractivity contribution in [3.63, 3.8) is 0 Å². The van der Waals surface area contributed by atoms with Gasteiger partial charge in [0.2, 0.25) is 0 Å². The van der Waals surface area contributed by atoms with Gasteiger partial charge in [0.15, 0.2) is 11.5 Å². The van der Waals surface area contributed by atoms with Crippen molar-refractivity contribution in [2.75, 3.05) is 18.0 Å². The van der Waals surface area contributed by atoms with Crippen LogP contribution >= 0.6 is 0 Å². The molecule has 108 valence electrons. The van der Waals surface area contributed by atoms with Crippen LogP contribution in [0.1, 0.15) is 27.2 Å². The number of hydrogen-bond acceptors (Lipinski definition) is 6. The van der Waals surface area contributed by atoms with Crippen molar-refractivity contribution >= 4 is 11.5 Å². The number of aliphatic hydroxyl groups is 1. The molecule has 0 saturated carbocycles. The average Bonchev–Trinajstić information content (AvgIpc) is 2.84. The summed E-state index contributed by atoms with van der Waals surface area (Å²) in [6.45, 7) is 8.04. The minimum atomic E-state index is -0.338. The Hall–Kier alpha value is -1.76. The number of aromatic nitrogens is 5. The molecule has 3 rings (SSSR count). The third-order valence-electron chi connectivity index (χ3n) is 4.07. The van der Waals surface area contributed by atoms with Gasteiger partial charge in [-0.1, -0.05) is 20.8 Å². The third kappa shape index (κ3) is 2.33. The van der Waals surface area contributed by atoms with Gasteiger partial charge in [0.25, 0.3) is 0 Å². The van der Waals surface area contributed by atoms with Crippen molar-refractivity contribution in [3.8, 4) is 0 Å². The lowest BCUT2D eigenvalue weighted by Gasteiger charge is -2.42. The molecule has 0 spiro atoms. The molecule has 2 atom stereocenters. The number of β-amino-alcohol motifs (C(OH)–C–C–N with tert-alkyl or cyclic N) is 1. The number of tetrazole rings is 1. The van der Waals surface area contributed by atoms with E-state index in [1.807, 2.05) is 12.1 Å². The highest BCUT2D eigenvalue weighted by molar-refractivity contribution is 5.44. The van der Waals surface area contributed by atoms with E-state index in [1.165, 1.54) is 4.63 Å². The molecule has 0 aromatic carbocycles. The summed E-state index contributed by atoms with van der Waals surface area (Å²) in [7, 11) is 0. The molecular formula is C13H20N6O. The van der Waals surface area contributed by atoms with Crippen LogP contribution in [0.2, 0.25) is 0 Å². The number of rotatable bonds is 1. The lowest BCUT2D eigenvalue weighted by Crippen LogP contribution is -2.48. The molecule has 1 aliphatic rings. The Kier molecular flexibility index (Phi) is 3.08. The van der Waals surface area contributed by atoms with Crippen molar-refractivity contribution in [2.24, 2.45) is 11.3 Å². The van der Waals surface area contributed by atoms with Gasteiger partial charge in [-0.3, -0.25) is 0 Å². The van der Waals surface area contributed by atoms with E-state index in [-0.39, 0.29) is 11.5 Å². The van der Waals surface area contributed by atoms with E-state index >= 15 is 0 Å². The van der Waals surface area contributed by atoms with Gasteiger partial charge in [-0.25, -0.2) is 0 Å². The van der Waals surface area contributed by atoms with Crippen LogP contribution in [0.15, 0.2) is 12.1 Å². The molecule has 2 aromatic rings. The highest BCUT2D eigenvalue weighted by atomic mass is 16.3. The van der Waals surface area contributed by atoms with E-state index < -0.39 is 0 Å². The van der Waals surface area contributed by atoms with E-state index in [4.69, 9.17) is 0 Å². The topological polar surface area (TPSA) is 79.4 Å². The summed E-state index contributed by atoms with van der Waals surface area (Å²) in [5, 5.41) is 26.0. The molecule has 0 amide bonds. The summed E-state index contributed by atoms with van der Waals surface area (Å²) < 4.78 is 1.41. The molecule has 1 fully saturated rings. The van der Waals surface area contributed by atoms with Crippen LogP contribution in [0.4, 0.5) is 5.82 Å². The zero-order valence-electron chi connectivity index (χ0n) is 12.1. The van der Waals surface area contributed by atoms with Crippen LogP contribution in [0, 0.1) is 11.3 Å². The Morgan fingerprint density at radius 1 is 1.30 bits per heavy atom. The van der Waals surface area contributed by atoms with E-state index in [0.717, 1.165) is 18.8 Å². The molecule has 1 aliphatic heterocycles. The SMILES string of the molecule is CC(C)(C)[C@@H]1CCN(c2ccc3nnnn3n2)C[C@@H]1O. The van der Waals surface area contributed by atoms with Crippen molar-refractivity contribution in [1.82, 2.24) is 25.3 Å². The van der Waals surface area contributed by atoms with E-state index in [2.05, 4.69) is 46.3 Å². The Labute approximate surface area is 117 Å². The van der Waals surface area contributed by atoms with Crippen LogP contribution in [0.3, 0.4) is 0 Å². The minimum absolute atomic E-state index is 0.124. The quantitative estimate of drug-likeness (QED) is 0.828. The summed E-state index contributed by atoms with van der Waals surface area (Å²) in [6, 6.07) is 3.74. The standard InChI is InChI=1S/C13H20N6O/c1-13(2,3)9-6-7-18(8-10(9)20)12-5-4-11-14-16-17-19(11)15-12/h4-5,9-10,20H,6-8H2,1-3H3/t9-,10+/m1/s1. The van der Waals surface area contributed by atoms with Gasteiger partial charge in [-0.05, 0) is 40.3 Å². The molecule has 7 heteroatoms. The van der Waals surface area contributed by atoms with Crippen LogP contribution in [-0.2, 0) is 0 Å². The predicted molar refractivity (Wildman–Crippen MR) is 74.4 cm³/mol. The Morgan fingerprint density at radius 3 is 2.80 bits per heavy atom. The van der Waals surface area contributed by atoms with Gasteiger partial charge in [0, 0.05) is 13.1 Å². The molecule has 0 bridgehead atoms. The maximum absolute atomic E-state index is 10.4. The zero-order chi connectivity index (χ0) is 14.3. The smallest absolute Gasteiger partial charge is 0.200 e. The second-order valence-corrected chi connectivity index (χ2v) is 6.49. The van der Waals surface area contributed by atoms with Gasteiger partial charge in [-0.2, -0.15) is 0 Å². The van der Waals surface area contributed by atoms with Crippen LogP contribution in [0.25, 0.3) is 5.65 Å². The van der Waals surface area contributed by atoms with E-state index in [0.29, 0.717) is 18.1 Å². The molecule has 20 heavy (non-hydrogen) atoms. The molecule has 0 radical (unpaired) electrons. The molecule has 1 saturated heterocycles. The maximum atomic E-state index is 10.4. The number of hydrogen-bond donors (Lipinski definition) is 1. The fraction of sp³-hybridized carbons (Fsp3) is 0.692. The molecule has 3 heterocycles. The Balaban J connectivity index is 1.79. The van der Waals surface area contributed by atoms with Crippen molar-refractivity contribution < 1.29 is 5.11 Å². The van der Waals surface area contributed by atoms with Crippen molar-refractivity contribution in [1.29, 1.82) is 0 Å². The van der Waals surface area contributed by atoms with Gasteiger partial charge in [0.05, 0.1) is 6.10 Å². The summed E-state index contributed by atoms with van der Waals surface area (Å²) in [5.41, 5.74) is 0.748. The van der Waals surface area contributed by atoms with Crippen LogP contribution in [-0.4, -0.2) is 49.6 Å². The fourth-order valence-electron chi connectivity index (χ4n) is 2.96. The first-order valence-electron chi connectivity index (χ1n) is 6.93. The second-order valence-electron chi connectivity index (χ2n) is 6.49. The van der Waals surface area contributed by atoms with Crippen molar-refractivity contribution in [3.05, 3.63) is 12.1 Å². The average molecular weight is 276 g/mol. The number of piperidine rings is 1. The monoisotopic (exact) mass is 276 g/mol. The normalized spacial score (nSPS) is 24.3. The van der Waals surface area contributed by atoms with E-state index in [1.54, 1.807) is 0 Å². The zero-order valence-corrected chi connectivity index (χ0v) is 12.1. The Bertz CT molecular complexity index is 604. The first-order chi connectivity index (χ1) is 9.45. The maximum Gasteiger partial charge on any atom is 0.200 e. The summed E-state index contributed by atoms with van der Waals surface area (Å²) in [5.74, 6) is 1.12. The fourth-order valence-corrected chi connectivity index (χ4v) is 2.96. The summed E-state index contributed by atoms with van der Waals surface area (Å²) >= 11 is 0. The summed E-state index contributed by atoms with van der Waals surface area (Å²) in [4.78, 5) is 2.09. The van der Waals surface area contributed by atoms with Crippen molar-refractivity contribution in [2.45, 2.75) is 33.3 Å².